The molecule has 2 aromatic rings. The van der Waals surface area contributed by atoms with Gasteiger partial charge in [-0.2, -0.15) is 0 Å². The molecule has 2 N–H and O–H groups in total. The molecular formula is C21H26ClN3O4S. The summed E-state index contributed by atoms with van der Waals surface area (Å²) >= 11 is 5.96. The Balaban J connectivity index is 2.26. The minimum atomic E-state index is -3.74. The van der Waals surface area contributed by atoms with Gasteiger partial charge in [-0.05, 0) is 56.2 Å². The van der Waals surface area contributed by atoms with Crippen LogP contribution >= 0.6 is 11.6 Å². The van der Waals surface area contributed by atoms with Crippen LogP contribution in [-0.4, -0.2) is 39.1 Å². The topological polar surface area (TPSA) is 95.6 Å². The van der Waals surface area contributed by atoms with Crippen LogP contribution in [0.4, 0.5) is 11.4 Å². The minimum absolute atomic E-state index is 0.0186. The van der Waals surface area contributed by atoms with E-state index in [1.807, 2.05) is 13.8 Å². The summed E-state index contributed by atoms with van der Waals surface area (Å²) in [5.41, 5.74) is 1.60. The third-order valence-electron chi connectivity index (χ3n) is 4.55. The summed E-state index contributed by atoms with van der Waals surface area (Å²) in [7, 11) is -3.74. The molecule has 0 aromatic heterocycles. The van der Waals surface area contributed by atoms with Crippen molar-refractivity contribution >= 4 is 44.8 Å². The van der Waals surface area contributed by atoms with Gasteiger partial charge in [0.05, 0.1) is 23.2 Å². The van der Waals surface area contributed by atoms with E-state index in [-0.39, 0.29) is 11.9 Å². The molecule has 0 aliphatic rings. The standard InChI is InChI=1S/C21H26ClN3O4S/c1-5-15(3)23-21(27)17-8-6-7-9-18(17)24-20(26)13-25(30(4,28)29)19-11-10-16(22)12-14(19)2/h6-12,15H,5,13H2,1-4H3,(H,23,27)(H,24,26)/t15-/m0/s1. The highest BCUT2D eigenvalue weighted by Gasteiger charge is 2.23. The zero-order chi connectivity index (χ0) is 22.5. The molecule has 1 atom stereocenters. The van der Waals surface area contributed by atoms with E-state index in [0.717, 1.165) is 17.0 Å². The van der Waals surface area contributed by atoms with E-state index >= 15 is 0 Å². The summed E-state index contributed by atoms with van der Waals surface area (Å²) in [5.74, 6) is -0.882. The third-order valence-corrected chi connectivity index (χ3v) is 5.91. The van der Waals surface area contributed by atoms with Gasteiger partial charge >= 0.3 is 0 Å². The zero-order valence-electron chi connectivity index (χ0n) is 17.4. The smallest absolute Gasteiger partial charge is 0.253 e. The van der Waals surface area contributed by atoms with Gasteiger partial charge in [0.2, 0.25) is 15.9 Å². The molecule has 0 heterocycles. The summed E-state index contributed by atoms with van der Waals surface area (Å²) < 4.78 is 25.7. The summed E-state index contributed by atoms with van der Waals surface area (Å²) in [4.78, 5) is 25.2. The highest BCUT2D eigenvalue weighted by atomic mass is 35.5. The number of rotatable bonds is 8. The fourth-order valence-electron chi connectivity index (χ4n) is 2.79. The van der Waals surface area contributed by atoms with Crippen LogP contribution in [0.1, 0.15) is 36.2 Å². The number of anilines is 2. The van der Waals surface area contributed by atoms with Crippen molar-refractivity contribution in [1.82, 2.24) is 5.32 Å². The maximum Gasteiger partial charge on any atom is 0.253 e. The maximum atomic E-state index is 12.7. The first-order chi connectivity index (χ1) is 14.0. The van der Waals surface area contributed by atoms with Gasteiger partial charge < -0.3 is 10.6 Å². The summed E-state index contributed by atoms with van der Waals surface area (Å²) in [5, 5.41) is 5.98. The number of carbonyl (C=O) groups is 2. The first-order valence-electron chi connectivity index (χ1n) is 9.46. The molecule has 0 saturated heterocycles. The molecule has 2 amide bonds. The Morgan fingerprint density at radius 3 is 2.43 bits per heavy atom. The van der Waals surface area contributed by atoms with Crippen molar-refractivity contribution in [3.63, 3.8) is 0 Å². The van der Waals surface area contributed by atoms with E-state index in [4.69, 9.17) is 11.6 Å². The molecule has 162 valence electrons. The molecule has 0 spiro atoms. The molecule has 9 heteroatoms. The number of benzene rings is 2. The van der Waals surface area contributed by atoms with E-state index in [9.17, 15) is 18.0 Å². The van der Waals surface area contributed by atoms with Gasteiger partial charge in [-0.15, -0.1) is 0 Å². The Labute approximate surface area is 182 Å². The fraction of sp³-hybridized carbons (Fsp3) is 0.333. The van der Waals surface area contributed by atoms with Gasteiger partial charge in [0.15, 0.2) is 0 Å². The van der Waals surface area contributed by atoms with Crippen molar-refractivity contribution in [2.75, 3.05) is 22.4 Å². The molecule has 2 aromatic carbocycles. The lowest BCUT2D eigenvalue weighted by Crippen LogP contribution is -2.38. The van der Waals surface area contributed by atoms with Crippen LogP contribution < -0.4 is 14.9 Å². The fourth-order valence-corrected chi connectivity index (χ4v) is 3.93. The average molecular weight is 452 g/mol. The second-order valence-electron chi connectivity index (χ2n) is 7.08. The van der Waals surface area contributed by atoms with Crippen LogP contribution in [0.15, 0.2) is 42.5 Å². The van der Waals surface area contributed by atoms with Crippen molar-refractivity contribution in [2.24, 2.45) is 0 Å². The Hall–Kier alpha value is -2.58. The molecule has 0 aliphatic heterocycles. The van der Waals surface area contributed by atoms with Crippen LogP contribution in [0, 0.1) is 6.92 Å². The van der Waals surface area contributed by atoms with Crippen LogP contribution in [0.3, 0.4) is 0 Å². The number of halogens is 1. The van der Waals surface area contributed by atoms with Crippen molar-refractivity contribution in [2.45, 2.75) is 33.2 Å². The molecule has 0 fully saturated rings. The molecule has 2 rings (SSSR count). The van der Waals surface area contributed by atoms with Crippen LogP contribution in [-0.2, 0) is 14.8 Å². The lowest BCUT2D eigenvalue weighted by Gasteiger charge is -2.24. The molecule has 30 heavy (non-hydrogen) atoms. The maximum absolute atomic E-state index is 12.7. The van der Waals surface area contributed by atoms with Gasteiger partial charge in [-0.3, -0.25) is 13.9 Å². The Morgan fingerprint density at radius 1 is 1.17 bits per heavy atom. The van der Waals surface area contributed by atoms with Crippen LogP contribution in [0.2, 0.25) is 5.02 Å². The average Bonchev–Trinajstić information content (AvgIpc) is 2.66. The molecule has 0 unspecified atom stereocenters. The van der Waals surface area contributed by atoms with Crippen LogP contribution in [0.5, 0.6) is 0 Å². The zero-order valence-corrected chi connectivity index (χ0v) is 19.0. The predicted octanol–water partition coefficient (Wildman–Crippen LogP) is 3.58. The molecule has 0 aliphatic carbocycles. The second-order valence-corrected chi connectivity index (χ2v) is 9.42. The van der Waals surface area contributed by atoms with E-state index in [2.05, 4.69) is 10.6 Å². The van der Waals surface area contributed by atoms with E-state index < -0.39 is 22.5 Å². The summed E-state index contributed by atoms with van der Waals surface area (Å²) in [6.45, 7) is 5.11. The Kier molecular flexibility index (Phi) is 7.86. The first kappa shape index (κ1) is 23.7. The number of sulfonamides is 1. The predicted molar refractivity (Wildman–Crippen MR) is 121 cm³/mol. The van der Waals surface area contributed by atoms with Gasteiger partial charge in [-0.25, -0.2) is 8.42 Å². The third kappa shape index (κ3) is 6.21. The lowest BCUT2D eigenvalue weighted by atomic mass is 10.1. The highest BCUT2D eigenvalue weighted by Crippen LogP contribution is 2.25. The monoisotopic (exact) mass is 451 g/mol. The molecule has 0 bridgehead atoms. The number of amides is 2. The van der Waals surface area contributed by atoms with Crippen LogP contribution in [0.25, 0.3) is 0 Å². The van der Waals surface area contributed by atoms with Crippen molar-refractivity contribution in [3.05, 3.63) is 58.6 Å². The quantitative estimate of drug-likeness (QED) is 0.641. The molecule has 0 saturated carbocycles. The highest BCUT2D eigenvalue weighted by molar-refractivity contribution is 7.92. The van der Waals surface area contributed by atoms with Crippen molar-refractivity contribution < 1.29 is 18.0 Å². The SMILES string of the molecule is CC[C@H](C)NC(=O)c1ccccc1NC(=O)CN(c1ccc(Cl)cc1C)S(C)(=O)=O. The number of para-hydroxylation sites is 1. The summed E-state index contributed by atoms with van der Waals surface area (Å²) in [6.07, 6.45) is 1.80. The number of hydrogen-bond acceptors (Lipinski definition) is 4. The largest absolute Gasteiger partial charge is 0.350 e. The van der Waals surface area contributed by atoms with E-state index in [1.165, 1.54) is 0 Å². The normalized spacial score (nSPS) is 12.2. The number of carbonyl (C=O) groups excluding carboxylic acids is 2. The first-order valence-corrected chi connectivity index (χ1v) is 11.7. The lowest BCUT2D eigenvalue weighted by molar-refractivity contribution is -0.114. The van der Waals surface area contributed by atoms with Gasteiger partial charge in [0, 0.05) is 11.1 Å². The Bertz CT molecular complexity index is 1040. The molecule has 0 radical (unpaired) electrons. The number of nitrogens with zero attached hydrogens (tertiary/aromatic N) is 1. The number of aryl methyl sites for hydroxylation is 1. The second kappa shape index (κ2) is 9.95. The Morgan fingerprint density at radius 2 is 1.83 bits per heavy atom. The molecule has 7 nitrogen and oxygen atoms in total. The van der Waals surface area contributed by atoms with E-state index in [0.29, 0.717) is 27.5 Å². The van der Waals surface area contributed by atoms with E-state index in [1.54, 1.807) is 49.4 Å². The van der Waals surface area contributed by atoms with Gasteiger partial charge in [-0.1, -0.05) is 30.7 Å². The minimum Gasteiger partial charge on any atom is -0.350 e. The number of nitrogens with one attached hydrogen (secondary N) is 2. The van der Waals surface area contributed by atoms with Crippen molar-refractivity contribution in [1.29, 1.82) is 0 Å². The summed E-state index contributed by atoms with van der Waals surface area (Å²) in [6, 6.07) is 11.3. The van der Waals surface area contributed by atoms with Crippen molar-refractivity contribution in [3.8, 4) is 0 Å². The van der Waals surface area contributed by atoms with Gasteiger partial charge in [0.25, 0.3) is 5.91 Å². The molecular weight excluding hydrogens is 426 g/mol. The van der Waals surface area contributed by atoms with Gasteiger partial charge in [0.1, 0.15) is 6.54 Å². The number of hydrogen-bond donors (Lipinski definition) is 2.